The van der Waals surface area contributed by atoms with Gasteiger partial charge >= 0.3 is 18.6 Å². The maximum absolute atomic E-state index is 12.1. The third-order valence-electron chi connectivity index (χ3n) is 2.09. The third kappa shape index (κ3) is 5.06. The van der Waals surface area contributed by atoms with E-state index >= 15 is 0 Å². The lowest BCUT2D eigenvalue weighted by Crippen LogP contribution is -2.38. The van der Waals surface area contributed by atoms with Crippen LogP contribution in [0.25, 0.3) is 0 Å². The quantitative estimate of drug-likeness (QED) is 0.621. The Kier molecular flexibility index (Phi) is 5.66. The number of carboxylic acid groups (broad SMARTS) is 1. The van der Waals surface area contributed by atoms with Crippen molar-refractivity contribution in [2.45, 2.75) is 12.7 Å². The van der Waals surface area contributed by atoms with Crippen molar-refractivity contribution < 1.29 is 33.3 Å². The van der Waals surface area contributed by atoms with Gasteiger partial charge in [0.05, 0.1) is 12.2 Å². The zero-order valence-electron chi connectivity index (χ0n) is 10.0. The van der Waals surface area contributed by atoms with Crippen molar-refractivity contribution >= 4 is 17.7 Å². The zero-order valence-corrected chi connectivity index (χ0v) is 10.0. The Balaban J connectivity index is 2.59. The molecule has 0 heterocycles. The molecule has 1 atom stereocenters. The molecule has 4 N–H and O–H groups in total. The van der Waals surface area contributed by atoms with Crippen LogP contribution in [0, 0.1) is 0 Å². The molecule has 0 radical (unpaired) electrons. The molecule has 7 nitrogen and oxygen atoms in total. The van der Waals surface area contributed by atoms with Crippen molar-refractivity contribution in [3.63, 3.8) is 0 Å². The number of alkyl halides is 2. The molecule has 1 unspecified atom stereocenters. The Morgan fingerprint density at radius 2 is 1.95 bits per heavy atom. The first-order valence-corrected chi connectivity index (χ1v) is 5.39. The monoisotopic (exact) mass is 290 g/mol. The van der Waals surface area contributed by atoms with Gasteiger partial charge in [0.1, 0.15) is 5.75 Å². The van der Waals surface area contributed by atoms with Crippen molar-refractivity contribution in [2.24, 2.45) is 0 Å². The number of nitrogens with one attached hydrogen (secondary N) is 2. The molecule has 20 heavy (non-hydrogen) atoms. The van der Waals surface area contributed by atoms with Gasteiger partial charge in [-0.05, 0) is 12.1 Å². The summed E-state index contributed by atoms with van der Waals surface area (Å²) in [4.78, 5) is 21.7. The van der Waals surface area contributed by atoms with Crippen molar-refractivity contribution in [1.29, 1.82) is 0 Å². The van der Waals surface area contributed by atoms with Gasteiger partial charge < -0.3 is 25.6 Å². The number of anilines is 1. The van der Waals surface area contributed by atoms with Crippen LogP contribution in [0.3, 0.4) is 0 Å². The van der Waals surface area contributed by atoms with Gasteiger partial charge in [-0.1, -0.05) is 12.1 Å². The van der Waals surface area contributed by atoms with Crippen molar-refractivity contribution in [3.05, 3.63) is 24.3 Å². The van der Waals surface area contributed by atoms with Crippen LogP contribution in [0.15, 0.2) is 24.3 Å². The molecule has 0 aliphatic heterocycles. The first-order chi connectivity index (χ1) is 9.40. The average Bonchev–Trinajstić information content (AvgIpc) is 2.37. The standard InChI is InChI=1S/C11H12F2N2O5/c12-10(13)20-8-4-2-1-3-6(8)15-11(19)14-5-7(16)9(17)18/h1-4,7,10,16H,5H2,(H,17,18)(H2,14,15,19). The molecule has 0 aliphatic carbocycles. The minimum atomic E-state index is -3.05. The fourth-order valence-corrected chi connectivity index (χ4v) is 1.21. The Morgan fingerprint density at radius 1 is 1.30 bits per heavy atom. The summed E-state index contributed by atoms with van der Waals surface area (Å²) in [5.74, 6) is -1.73. The highest BCUT2D eigenvalue weighted by atomic mass is 19.3. The smallest absolute Gasteiger partial charge is 0.387 e. The van der Waals surface area contributed by atoms with Gasteiger partial charge in [-0.3, -0.25) is 0 Å². The summed E-state index contributed by atoms with van der Waals surface area (Å²) >= 11 is 0. The summed E-state index contributed by atoms with van der Waals surface area (Å²) in [7, 11) is 0. The number of aliphatic hydroxyl groups excluding tert-OH is 1. The van der Waals surface area contributed by atoms with Gasteiger partial charge in [0.25, 0.3) is 0 Å². The highest BCUT2D eigenvalue weighted by molar-refractivity contribution is 5.91. The second-order valence-corrected chi connectivity index (χ2v) is 3.56. The molecule has 1 aromatic rings. The molecule has 9 heteroatoms. The first-order valence-electron chi connectivity index (χ1n) is 5.39. The van der Waals surface area contributed by atoms with E-state index in [2.05, 4.69) is 15.4 Å². The number of carbonyl (C=O) groups is 2. The molecular formula is C11H12F2N2O5. The van der Waals surface area contributed by atoms with Crippen LogP contribution in [0.1, 0.15) is 0 Å². The number of benzene rings is 1. The van der Waals surface area contributed by atoms with Crippen LogP contribution in [-0.4, -0.2) is 41.5 Å². The number of carbonyl (C=O) groups excluding carboxylic acids is 1. The van der Waals surface area contributed by atoms with E-state index in [0.717, 1.165) is 0 Å². The van der Waals surface area contributed by atoms with E-state index < -0.39 is 31.3 Å². The molecule has 0 saturated carbocycles. The minimum absolute atomic E-state index is 0.0184. The van der Waals surface area contributed by atoms with Crippen LogP contribution in [-0.2, 0) is 4.79 Å². The minimum Gasteiger partial charge on any atom is -0.479 e. The highest BCUT2D eigenvalue weighted by Crippen LogP contribution is 2.25. The molecule has 0 spiro atoms. The zero-order chi connectivity index (χ0) is 15.1. The lowest BCUT2D eigenvalue weighted by molar-refractivity contribution is -0.146. The first kappa shape index (κ1) is 15.6. The number of para-hydroxylation sites is 2. The fourth-order valence-electron chi connectivity index (χ4n) is 1.21. The van der Waals surface area contributed by atoms with Gasteiger partial charge in [-0.2, -0.15) is 8.78 Å². The second kappa shape index (κ2) is 7.24. The molecule has 0 bridgehead atoms. The predicted octanol–water partition coefficient (Wildman–Crippen LogP) is 0.855. The summed E-state index contributed by atoms with van der Waals surface area (Å²) in [6.07, 6.45) is -1.76. The normalized spacial score (nSPS) is 11.8. The molecule has 1 aromatic carbocycles. The molecule has 0 saturated heterocycles. The number of aliphatic hydroxyl groups is 1. The van der Waals surface area contributed by atoms with Crippen LogP contribution < -0.4 is 15.4 Å². The Morgan fingerprint density at radius 3 is 2.55 bits per heavy atom. The number of halogens is 2. The van der Waals surface area contributed by atoms with Crippen LogP contribution in [0.5, 0.6) is 5.75 Å². The Hall–Kier alpha value is -2.42. The van der Waals surface area contributed by atoms with E-state index in [9.17, 15) is 18.4 Å². The fraction of sp³-hybridized carbons (Fsp3) is 0.273. The van der Waals surface area contributed by atoms with Crippen LogP contribution >= 0.6 is 0 Å². The van der Waals surface area contributed by atoms with Crippen molar-refractivity contribution in [1.82, 2.24) is 5.32 Å². The van der Waals surface area contributed by atoms with E-state index in [1.807, 2.05) is 0 Å². The molecule has 1 rings (SSSR count). The van der Waals surface area contributed by atoms with E-state index in [0.29, 0.717) is 0 Å². The van der Waals surface area contributed by atoms with E-state index in [1.54, 1.807) is 0 Å². The predicted molar refractivity (Wildman–Crippen MR) is 63.7 cm³/mol. The van der Waals surface area contributed by atoms with Crippen LogP contribution in [0.4, 0.5) is 19.3 Å². The van der Waals surface area contributed by atoms with Gasteiger partial charge in [0.15, 0.2) is 6.10 Å². The highest BCUT2D eigenvalue weighted by Gasteiger charge is 2.15. The molecule has 0 aromatic heterocycles. The van der Waals surface area contributed by atoms with Gasteiger partial charge in [-0.15, -0.1) is 0 Å². The summed E-state index contributed by atoms with van der Waals surface area (Å²) in [6.45, 7) is -3.58. The van der Waals surface area contributed by atoms with Crippen molar-refractivity contribution in [2.75, 3.05) is 11.9 Å². The number of hydrogen-bond acceptors (Lipinski definition) is 4. The largest absolute Gasteiger partial charge is 0.479 e. The number of urea groups is 1. The summed E-state index contributed by atoms with van der Waals surface area (Å²) in [6, 6.07) is 4.61. The van der Waals surface area contributed by atoms with E-state index in [1.165, 1.54) is 24.3 Å². The Labute approximate surface area is 112 Å². The summed E-state index contributed by atoms with van der Waals surface area (Å²) in [5, 5.41) is 21.6. The number of carboxylic acids is 1. The molecule has 0 fully saturated rings. The van der Waals surface area contributed by atoms with Crippen LogP contribution in [0.2, 0.25) is 0 Å². The second-order valence-electron chi connectivity index (χ2n) is 3.56. The van der Waals surface area contributed by atoms with Gasteiger partial charge in [0, 0.05) is 0 Å². The number of ether oxygens (including phenoxy) is 1. The lowest BCUT2D eigenvalue weighted by atomic mass is 10.3. The summed E-state index contributed by atoms with van der Waals surface area (Å²) in [5.41, 5.74) is -0.0184. The number of rotatable bonds is 6. The SMILES string of the molecule is O=C(NCC(O)C(=O)O)Nc1ccccc1OC(F)F. The molecule has 0 aliphatic rings. The number of hydrogen-bond donors (Lipinski definition) is 4. The van der Waals surface area contributed by atoms with E-state index in [4.69, 9.17) is 10.2 Å². The topological polar surface area (TPSA) is 108 Å². The molecule has 110 valence electrons. The molecule has 2 amide bonds. The number of amides is 2. The van der Waals surface area contributed by atoms with Crippen molar-refractivity contribution in [3.8, 4) is 5.75 Å². The van der Waals surface area contributed by atoms with Gasteiger partial charge in [-0.25, -0.2) is 9.59 Å². The summed E-state index contributed by atoms with van der Waals surface area (Å²) < 4.78 is 28.5. The maximum atomic E-state index is 12.1. The Bertz CT molecular complexity index is 484. The van der Waals surface area contributed by atoms with E-state index in [-0.39, 0.29) is 11.4 Å². The average molecular weight is 290 g/mol. The van der Waals surface area contributed by atoms with Gasteiger partial charge in [0.2, 0.25) is 0 Å². The maximum Gasteiger partial charge on any atom is 0.387 e. The molecular weight excluding hydrogens is 278 g/mol. The number of aliphatic carboxylic acids is 1. The lowest BCUT2D eigenvalue weighted by Gasteiger charge is -2.13. The third-order valence-corrected chi connectivity index (χ3v) is 2.09.